The van der Waals surface area contributed by atoms with Crippen LogP contribution in [-0.2, 0) is 11.3 Å². The summed E-state index contributed by atoms with van der Waals surface area (Å²) >= 11 is 5.88. The van der Waals surface area contributed by atoms with Crippen molar-refractivity contribution in [3.8, 4) is 0 Å². The summed E-state index contributed by atoms with van der Waals surface area (Å²) in [5, 5.41) is 6.88. The van der Waals surface area contributed by atoms with Crippen molar-refractivity contribution >= 4 is 23.2 Å². The summed E-state index contributed by atoms with van der Waals surface area (Å²) in [6.07, 6.45) is 3.81. The van der Waals surface area contributed by atoms with Crippen LogP contribution in [-0.4, -0.2) is 30.1 Å². The molecule has 2 aromatic rings. The molecule has 1 aromatic carbocycles. The Hall–Kier alpha value is -2.11. The van der Waals surface area contributed by atoms with Gasteiger partial charge in [0.05, 0.1) is 6.10 Å². The number of benzene rings is 1. The number of aromatic nitrogens is 1. The highest BCUT2D eigenvalue weighted by Gasteiger charge is 2.17. The summed E-state index contributed by atoms with van der Waals surface area (Å²) in [6.45, 7) is 1.96. The van der Waals surface area contributed by atoms with Crippen LogP contribution in [0, 0.1) is 0 Å². The van der Waals surface area contributed by atoms with E-state index >= 15 is 0 Å². The van der Waals surface area contributed by atoms with E-state index in [1.54, 1.807) is 12.3 Å². The molecule has 0 radical (unpaired) electrons. The maximum Gasteiger partial charge on any atom is 0.270 e. The molecule has 6 heteroatoms. The van der Waals surface area contributed by atoms with Gasteiger partial charge in [-0.15, -0.1) is 0 Å². The molecule has 1 unspecified atom stereocenters. The fourth-order valence-corrected chi connectivity index (χ4v) is 2.70. The van der Waals surface area contributed by atoms with Crippen molar-refractivity contribution in [2.24, 2.45) is 0 Å². The molecule has 1 aromatic heterocycles. The zero-order valence-electron chi connectivity index (χ0n) is 13.3. The molecule has 1 aliphatic rings. The summed E-state index contributed by atoms with van der Waals surface area (Å²) in [4.78, 5) is 16.3. The molecule has 0 aliphatic carbocycles. The molecule has 0 bridgehead atoms. The van der Waals surface area contributed by atoms with Crippen LogP contribution in [0.4, 0.5) is 5.69 Å². The molecule has 1 saturated heterocycles. The Balaban J connectivity index is 1.54. The molecule has 1 aliphatic heterocycles. The van der Waals surface area contributed by atoms with Crippen LogP contribution in [0.1, 0.15) is 28.9 Å². The standard InChI is InChI=1S/C18H20ClN3O2/c19-14-5-3-13(4-6-14)11-21-15-7-8-20-17(10-15)18(23)22-12-16-2-1-9-24-16/h3-8,10,16H,1-2,9,11-12H2,(H,20,21)(H,22,23). The van der Waals surface area contributed by atoms with Crippen molar-refractivity contribution in [3.05, 3.63) is 58.9 Å². The van der Waals surface area contributed by atoms with Gasteiger partial charge in [-0.25, -0.2) is 0 Å². The normalized spacial score (nSPS) is 16.8. The van der Waals surface area contributed by atoms with E-state index in [-0.39, 0.29) is 12.0 Å². The predicted molar refractivity (Wildman–Crippen MR) is 94.3 cm³/mol. The van der Waals surface area contributed by atoms with E-state index in [1.165, 1.54) is 0 Å². The largest absolute Gasteiger partial charge is 0.381 e. The number of ether oxygens (including phenoxy) is 1. The minimum atomic E-state index is -0.180. The number of halogens is 1. The molecular weight excluding hydrogens is 326 g/mol. The Morgan fingerprint density at radius 2 is 2.12 bits per heavy atom. The Morgan fingerprint density at radius 3 is 2.88 bits per heavy atom. The van der Waals surface area contributed by atoms with Crippen LogP contribution in [0.25, 0.3) is 0 Å². The first kappa shape index (κ1) is 16.7. The van der Waals surface area contributed by atoms with Gasteiger partial charge in [-0.2, -0.15) is 0 Å². The molecule has 2 heterocycles. The maximum absolute atomic E-state index is 12.2. The van der Waals surface area contributed by atoms with Crippen molar-refractivity contribution in [2.75, 3.05) is 18.5 Å². The Labute approximate surface area is 146 Å². The fourth-order valence-electron chi connectivity index (χ4n) is 2.57. The number of anilines is 1. The highest BCUT2D eigenvalue weighted by molar-refractivity contribution is 6.30. The topological polar surface area (TPSA) is 63.2 Å². The van der Waals surface area contributed by atoms with Gasteiger partial charge < -0.3 is 15.4 Å². The third-order valence-corrected chi connectivity index (χ3v) is 4.17. The predicted octanol–water partition coefficient (Wildman–Crippen LogP) is 3.26. The lowest BCUT2D eigenvalue weighted by molar-refractivity contribution is 0.0854. The average molecular weight is 346 g/mol. The summed E-state index contributed by atoms with van der Waals surface area (Å²) in [5.41, 5.74) is 2.36. The number of nitrogens with one attached hydrogen (secondary N) is 2. The van der Waals surface area contributed by atoms with Gasteiger partial charge in [0, 0.05) is 36.6 Å². The summed E-state index contributed by atoms with van der Waals surface area (Å²) in [5.74, 6) is -0.180. The van der Waals surface area contributed by atoms with Crippen LogP contribution in [0.15, 0.2) is 42.6 Å². The Bertz CT molecular complexity index is 685. The third kappa shape index (κ3) is 4.69. The van der Waals surface area contributed by atoms with E-state index in [9.17, 15) is 4.79 Å². The van der Waals surface area contributed by atoms with Gasteiger partial charge in [-0.3, -0.25) is 9.78 Å². The number of carbonyl (C=O) groups excluding carboxylic acids is 1. The highest BCUT2D eigenvalue weighted by atomic mass is 35.5. The molecule has 24 heavy (non-hydrogen) atoms. The molecular formula is C18H20ClN3O2. The number of hydrogen-bond acceptors (Lipinski definition) is 4. The van der Waals surface area contributed by atoms with Gasteiger partial charge in [0.1, 0.15) is 5.69 Å². The second kappa shape index (κ2) is 8.13. The van der Waals surface area contributed by atoms with Crippen molar-refractivity contribution in [2.45, 2.75) is 25.5 Å². The quantitative estimate of drug-likeness (QED) is 0.843. The molecule has 126 valence electrons. The van der Waals surface area contributed by atoms with E-state index in [4.69, 9.17) is 16.3 Å². The van der Waals surface area contributed by atoms with E-state index < -0.39 is 0 Å². The number of nitrogens with zero attached hydrogens (tertiary/aromatic N) is 1. The fraction of sp³-hybridized carbons (Fsp3) is 0.333. The minimum Gasteiger partial charge on any atom is -0.381 e. The zero-order chi connectivity index (χ0) is 16.8. The smallest absolute Gasteiger partial charge is 0.270 e. The molecule has 1 amide bonds. The first-order valence-electron chi connectivity index (χ1n) is 8.05. The third-order valence-electron chi connectivity index (χ3n) is 3.92. The number of amides is 1. The lowest BCUT2D eigenvalue weighted by Gasteiger charge is -2.11. The first-order chi connectivity index (χ1) is 11.7. The number of pyridine rings is 1. The van der Waals surface area contributed by atoms with Crippen LogP contribution >= 0.6 is 11.6 Å². The van der Waals surface area contributed by atoms with Crippen LogP contribution < -0.4 is 10.6 Å². The SMILES string of the molecule is O=C(NCC1CCCO1)c1cc(NCc2ccc(Cl)cc2)ccn1. The minimum absolute atomic E-state index is 0.125. The molecule has 5 nitrogen and oxygen atoms in total. The van der Waals surface area contributed by atoms with Crippen molar-refractivity contribution in [1.82, 2.24) is 10.3 Å². The summed E-state index contributed by atoms with van der Waals surface area (Å²) < 4.78 is 5.50. The molecule has 2 N–H and O–H groups in total. The first-order valence-corrected chi connectivity index (χ1v) is 8.43. The van der Waals surface area contributed by atoms with Gasteiger partial charge in [0.15, 0.2) is 0 Å². The molecule has 1 fully saturated rings. The van der Waals surface area contributed by atoms with Crippen molar-refractivity contribution in [3.63, 3.8) is 0 Å². The van der Waals surface area contributed by atoms with Gasteiger partial charge in [0.25, 0.3) is 5.91 Å². The van der Waals surface area contributed by atoms with Crippen LogP contribution in [0.2, 0.25) is 5.02 Å². The van der Waals surface area contributed by atoms with Crippen LogP contribution in [0.3, 0.4) is 0 Å². The molecule has 1 atom stereocenters. The van der Waals surface area contributed by atoms with E-state index in [0.717, 1.165) is 30.7 Å². The van der Waals surface area contributed by atoms with Gasteiger partial charge in [-0.05, 0) is 42.7 Å². The average Bonchev–Trinajstić information content (AvgIpc) is 3.13. The molecule has 3 rings (SSSR count). The second-order valence-electron chi connectivity index (χ2n) is 5.75. The van der Waals surface area contributed by atoms with E-state index in [2.05, 4.69) is 15.6 Å². The lowest BCUT2D eigenvalue weighted by atomic mass is 10.2. The van der Waals surface area contributed by atoms with Gasteiger partial charge >= 0.3 is 0 Å². The second-order valence-corrected chi connectivity index (χ2v) is 6.19. The van der Waals surface area contributed by atoms with Crippen molar-refractivity contribution < 1.29 is 9.53 Å². The molecule has 0 spiro atoms. The lowest BCUT2D eigenvalue weighted by Crippen LogP contribution is -2.32. The maximum atomic E-state index is 12.2. The van der Waals surface area contributed by atoms with E-state index in [0.29, 0.717) is 23.8 Å². The monoisotopic (exact) mass is 345 g/mol. The highest BCUT2D eigenvalue weighted by Crippen LogP contribution is 2.14. The number of carbonyl (C=O) groups is 1. The Kier molecular flexibility index (Phi) is 5.67. The van der Waals surface area contributed by atoms with Crippen LogP contribution in [0.5, 0.6) is 0 Å². The molecule has 0 saturated carbocycles. The summed E-state index contributed by atoms with van der Waals surface area (Å²) in [7, 11) is 0. The van der Waals surface area contributed by atoms with Gasteiger partial charge in [-0.1, -0.05) is 23.7 Å². The Morgan fingerprint density at radius 1 is 1.29 bits per heavy atom. The number of hydrogen-bond donors (Lipinski definition) is 2. The van der Waals surface area contributed by atoms with Crippen molar-refractivity contribution in [1.29, 1.82) is 0 Å². The number of rotatable bonds is 6. The zero-order valence-corrected chi connectivity index (χ0v) is 14.1. The summed E-state index contributed by atoms with van der Waals surface area (Å²) in [6, 6.07) is 11.2. The van der Waals surface area contributed by atoms with Gasteiger partial charge in [0.2, 0.25) is 0 Å². The van der Waals surface area contributed by atoms with E-state index in [1.807, 2.05) is 30.3 Å².